The second kappa shape index (κ2) is 5.52. The molecule has 19 heavy (non-hydrogen) atoms. The summed E-state index contributed by atoms with van der Waals surface area (Å²) in [7, 11) is 0. The number of alkyl halides is 1. The van der Waals surface area contributed by atoms with E-state index in [9.17, 15) is 19.3 Å². The number of nitrogens with zero attached hydrogens (tertiary/aromatic N) is 2. The number of hydrogen-bond acceptors (Lipinski definition) is 3. The van der Waals surface area contributed by atoms with Crippen molar-refractivity contribution in [3.63, 3.8) is 0 Å². The smallest absolute Gasteiger partial charge is 0.273 e. The van der Waals surface area contributed by atoms with E-state index in [0.717, 1.165) is 31.0 Å². The number of benzene rings is 1. The third kappa shape index (κ3) is 3.20. The zero-order chi connectivity index (χ0) is 14.0. The average molecular weight is 287 g/mol. The Balaban J connectivity index is 2.25. The molecular weight excluding hydrogens is 275 g/mol. The number of piperidine rings is 1. The van der Waals surface area contributed by atoms with Crippen molar-refractivity contribution in [1.82, 2.24) is 4.90 Å². The zero-order valence-electron chi connectivity index (χ0n) is 10.0. The van der Waals surface area contributed by atoms with Crippen molar-refractivity contribution in [1.29, 1.82) is 0 Å². The molecule has 1 unspecified atom stereocenters. The first-order valence-electron chi connectivity index (χ1n) is 5.85. The van der Waals surface area contributed by atoms with E-state index in [1.54, 1.807) is 0 Å². The van der Waals surface area contributed by atoms with Crippen molar-refractivity contribution in [3.8, 4) is 0 Å². The van der Waals surface area contributed by atoms with Crippen LogP contribution < -0.4 is 0 Å². The molecule has 1 atom stereocenters. The molecule has 2 rings (SSSR count). The van der Waals surface area contributed by atoms with Crippen LogP contribution in [0.1, 0.15) is 23.2 Å². The summed E-state index contributed by atoms with van der Waals surface area (Å²) in [6.45, 7) is 0.914. The molecule has 0 aliphatic carbocycles. The van der Waals surface area contributed by atoms with Crippen LogP contribution in [0.4, 0.5) is 10.1 Å². The first kappa shape index (κ1) is 13.7. The summed E-state index contributed by atoms with van der Waals surface area (Å²) < 4.78 is 13.3. The molecule has 0 spiro atoms. The van der Waals surface area contributed by atoms with Gasteiger partial charge in [-0.3, -0.25) is 14.9 Å². The summed E-state index contributed by atoms with van der Waals surface area (Å²) in [5, 5.41) is 10.5. The molecule has 1 aromatic rings. The molecule has 1 aliphatic heterocycles. The van der Waals surface area contributed by atoms with Crippen LogP contribution >= 0.6 is 11.6 Å². The molecule has 0 saturated carbocycles. The fourth-order valence-electron chi connectivity index (χ4n) is 2.10. The van der Waals surface area contributed by atoms with Crippen LogP contribution in [0.3, 0.4) is 0 Å². The summed E-state index contributed by atoms with van der Waals surface area (Å²) in [5.74, 6) is -1.22. The van der Waals surface area contributed by atoms with Gasteiger partial charge in [-0.1, -0.05) is 0 Å². The molecule has 0 N–H and O–H groups in total. The Morgan fingerprint density at radius 1 is 1.47 bits per heavy atom. The van der Waals surface area contributed by atoms with E-state index in [1.807, 2.05) is 0 Å². The molecule has 1 aliphatic rings. The topological polar surface area (TPSA) is 63.4 Å². The lowest BCUT2D eigenvalue weighted by Crippen LogP contribution is -2.40. The number of amides is 1. The van der Waals surface area contributed by atoms with Gasteiger partial charge in [0.2, 0.25) is 0 Å². The molecule has 102 valence electrons. The highest BCUT2D eigenvalue weighted by Gasteiger charge is 2.24. The minimum atomic E-state index is -0.794. The number of carbonyl (C=O) groups is 1. The van der Waals surface area contributed by atoms with Crippen molar-refractivity contribution >= 4 is 23.2 Å². The lowest BCUT2D eigenvalue weighted by atomic mass is 10.1. The van der Waals surface area contributed by atoms with Crippen molar-refractivity contribution < 1.29 is 14.1 Å². The Morgan fingerprint density at radius 2 is 2.21 bits per heavy atom. The molecule has 5 nitrogen and oxygen atoms in total. The highest BCUT2D eigenvalue weighted by Crippen LogP contribution is 2.21. The number of carbonyl (C=O) groups excluding carboxylic acids is 1. The summed E-state index contributed by atoms with van der Waals surface area (Å²) in [4.78, 5) is 23.6. The van der Waals surface area contributed by atoms with Gasteiger partial charge in [0.25, 0.3) is 11.6 Å². The maximum absolute atomic E-state index is 13.3. The monoisotopic (exact) mass is 286 g/mol. The normalized spacial score (nSPS) is 19.3. The highest BCUT2D eigenvalue weighted by atomic mass is 35.5. The van der Waals surface area contributed by atoms with Crippen molar-refractivity contribution in [3.05, 3.63) is 39.7 Å². The lowest BCUT2D eigenvalue weighted by molar-refractivity contribution is -0.385. The van der Waals surface area contributed by atoms with Gasteiger partial charge >= 0.3 is 0 Å². The van der Waals surface area contributed by atoms with Gasteiger partial charge in [-0.2, -0.15) is 0 Å². The average Bonchev–Trinajstić information content (AvgIpc) is 2.37. The number of non-ortho nitro benzene ring substituents is 1. The van der Waals surface area contributed by atoms with Gasteiger partial charge in [0.05, 0.1) is 16.4 Å². The third-order valence-corrected chi connectivity index (χ3v) is 3.35. The van der Waals surface area contributed by atoms with E-state index < -0.39 is 22.3 Å². The SMILES string of the molecule is O=C(c1cc(F)cc([N+](=O)[O-])c1)N1CCCC(Cl)C1. The number of likely N-dealkylation sites (tertiary alicyclic amines) is 1. The number of nitro benzene ring substituents is 1. The van der Waals surface area contributed by atoms with Crippen LogP contribution in [-0.2, 0) is 0 Å². The fourth-order valence-corrected chi connectivity index (χ4v) is 2.42. The Kier molecular flexibility index (Phi) is 3.99. The Labute approximate surface area is 114 Å². The summed E-state index contributed by atoms with van der Waals surface area (Å²) in [6.07, 6.45) is 1.60. The van der Waals surface area contributed by atoms with Crippen LogP contribution in [0.2, 0.25) is 0 Å². The minimum Gasteiger partial charge on any atom is -0.337 e. The zero-order valence-corrected chi connectivity index (χ0v) is 10.8. The Hall–Kier alpha value is -1.69. The first-order chi connectivity index (χ1) is 8.97. The molecule has 1 aromatic carbocycles. The number of rotatable bonds is 2. The lowest BCUT2D eigenvalue weighted by Gasteiger charge is -2.29. The van der Waals surface area contributed by atoms with Crippen LogP contribution in [0.15, 0.2) is 18.2 Å². The summed E-state index contributed by atoms with van der Waals surface area (Å²) in [6, 6.07) is 2.88. The quantitative estimate of drug-likeness (QED) is 0.477. The standard InChI is InChI=1S/C12H12ClFN2O3/c13-9-2-1-3-15(7-9)12(17)8-4-10(14)6-11(5-8)16(18)19/h4-6,9H,1-3,7H2. The van der Waals surface area contributed by atoms with Crippen molar-refractivity contribution in [2.45, 2.75) is 18.2 Å². The molecule has 1 saturated heterocycles. The Bertz CT molecular complexity index is 524. The van der Waals surface area contributed by atoms with Crippen molar-refractivity contribution in [2.75, 3.05) is 13.1 Å². The predicted octanol–water partition coefficient (Wildman–Crippen LogP) is 2.58. The van der Waals surface area contributed by atoms with Crippen LogP contribution in [0, 0.1) is 15.9 Å². The second-order valence-corrected chi connectivity index (χ2v) is 5.06. The van der Waals surface area contributed by atoms with E-state index in [0.29, 0.717) is 13.1 Å². The summed E-state index contributed by atoms with van der Waals surface area (Å²) in [5.41, 5.74) is -0.444. The molecule has 1 fully saturated rings. The molecule has 1 heterocycles. The van der Waals surface area contributed by atoms with E-state index >= 15 is 0 Å². The van der Waals surface area contributed by atoms with Gasteiger partial charge in [-0.25, -0.2) is 4.39 Å². The molecule has 1 amide bonds. The van der Waals surface area contributed by atoms with Gasteiger partial charge in [-0.15, -0.1) is 11.6 Å². The number of halogens is 2. The van der Waals surface area contributed by atoms with E-state index in [2.05, 4.69) is 0 Å². The van der Waals surface area contributed by atoms with E-state index in [4.69, 9.17) is 11.6 Å². The van der Waals surface area contributed by atoms with Crippen molar-refractivity contribution in [2.24, 2.45) is 0 Å². The molecule has 0 bridgehead atoms. The first-order valence-corrected chi connectivity index (χ1v) is 6.29. The fraction of sp³-hybridized carbons (Fsp3) is 0.417. The highest BCUT2D eigenvalue weighted by molar-refractivity contribution is 6.21. The van der Waals surface area contributed by atoms with Crippen LogP contribution in [0.5, 0.6) is 0 Å². The second-order valence-electron chi connectivity index (χ2n) is 4.45. The largest absolute Gasteiger partial charge is 0.337 e. The maximum Gasteiger partial charge on any atom is 0.273 e. The summed E-state index contributed by atoms with van der Waals surface area (Å²) >= 11 is 5.98. The van der Waals surface area contributed by atoms with Gasteiger partial charge < -0.3 is 4.90 Å². The third-order valence-electron chi connectivity index (χ3n) is 2.99. The maximum atomic E-state index is 13.3. The van der Waals surface area contributed by atoms with Gasteiger partial charge in [0.1, 0.15) is 5.82 Å². The predicted molar refractivity (Wildman–Crippen MR) is 67.8 cm³/mol. The van der Waals surface area contributed by atoms with Gasteiger partial charge in [-0.05, 0) is 18.9 Å². The molecular formula is C12H12ClFN2O3. The van der Waals surface area contributed by atoms with Gasteiger partial charge in [0, 0.05) is 24.7 Å². The van der Waals surface area contributed by atoms with Crippen LogP contribution in [-0.4, -0.2) is 34.2 Å². The molecule has 7 heteroatoms. The molecule has 0 aromatic heterocycles. The number of nitro groups is 1. The Morgan fingerprint density at radius 3 is 2.84 bits per heavy atom. The minimum absolute atomic E-state index is 0.0162. The van der Waals surface area contributed by atoms with Gasteiger partial charge in [0.15, 0.2) is 0 Å². The number of hydrogen-bond donors (Lipinski definition) is 0. The van der Waals surface area contributed by atoms with Crippen LogP contribution in [0.25, 0.3) is 0 Å². The van der Waals surface area contributed by atoms with E-state index in [1.165, 1.54) is 4.90 Å². The molecule has 0 radical (unpaired) electrons. The van der Waals surface area contributed by atoms with E-state index in [-0.39, 0.29) is 10.9 Å².